The van der Waals surface area contributed by atoms with Crippen LogP contribution in [0.25, 0.3) is 33.8 Å². The first kappa shape index (κ1) is 33.7. The van der Waals surface area contributed by atoms with Gasteiger partial charge in [0, 0.05) is 41.6 Å². The summed E-state index contributed by atoms with van der Waals surface area (Å²) in [5, 5.41) is 23.3. The number of anilines is 2. The predicted molar refractivity (Wildman–Crippen MR) is 196 cm³/mol. The molecule has 2 aromatic carbocycles. The largest absolute Gasteiger partial charge is 0.478 e. The second-order valence-corrected chi connectivity index (χ2v) is 14.5. The fourth-order valence-corrected chi connectivity index (χ4v) is 6.35. The Hall–Kier alpha value is -6.44. The number of fused-ring (bicyclic) bond motifs is 2. The van der Waals surface area contributed by atoms with Crippen LogP contribution in [0.1, 0.15) is 60.2 Å². The second-order valence-electron chi connectivity index (χ2n) is 14.5. The fraction of sp³-hybridized carbons (Fsp3) is 0.282. The smallest absolute Gasteiger partial charge is 0.335 e. The van der Waals surface area contributed by atoms with Gasteiger partial charge in [-0.25, -0.2) is 13.8 Å². The van der Waals surface area contributed by atoms with Gasteiger partial charge in [0.1, 0.15) is 0 Å². The standard InChI is InChI=1S/C22H23N5O2.C17H14N4O3/c1-22(2)12-26(13-22)20(29)16-10-6-14(7-11-16)17-4-3-5-18-23-21(25-27(17)18)24-19(28)15-8-9-15;22-15(11-6-7-11)19-17-18-14-3-1-2-13(21(14)20-17)10-4-8-12(9-5-10)16(23)24/h3-7,10-11,15H,8-9,12-13H2,1-2H3,(H,24,25,28);1-5,8-9,11H,6-7H2,(H,23,24)(H,19,20,22). The van der Waals surface area contributed by atoms with Crippen molar-refractivity contribution in [3.8, 4) is 22.5 Å². The Morgan fingerprint density at radius 2 is 1.08 bits per heavy atom. The Kier molecular flexibility index (Phi) is 8.44. The number of aromatic carboxylic acids is 1. The number of pyridine rings is 2. The molecule has 0 unspecified atom stereocenters. The van der Waals surface area contributed by atoms with Crippen LogP contribution < -0.4 is 10.6 Å². The molecule has 53 heavy (non-hydrogen) atoms. The number of nitrogens with one attached hydrogen (secondary N) is 2. The van der Waals surface area contributed by atoms with E-state index in [1.807, 2.05) is 59.5 Å². The van der Waals surface area contributed by atoms with Crippen LogP contribution in [0.4, 0.5) is 11.9 Å². The van der Waals surface area contributed by atoms with Gasteiger partial charge in [0.05, 0.1) is 17.0 Å². The summed E-state index contributed by atoms with van der Waals surface area (Å²) in [7, 11) is 0. The van der Waals surface area contributed by atoms with Crippen LogP contribution in [0.15, 0.2) is 84.9 Å². The van der Waals surface area contributed by atoms with Gasteiger partial charge in [-0.05, 0) is 79.6 Å². The highest BCUT2D eigenvalue weighted by molar-refractivity contribution is 5.95. The van der Waals surface area contributed by atoms with Crippen LogP contribution in [0.2, 0.25) is 0 Å². The van der Waals surface area contributed by atoms with E-state index in [0.717, 1.165) is 61.3 Å². The van der Waals surface area contributed by atoms with Gasteiger partial charge in [-0.15, -0.1) is 10.2 Å². The van der Waals surface area contributed by atoms with Gasteiger partial charge in [-0.1, -0.05) is 50.2 Å². The minimum Gasteiger partial charge on any atom is -0.478 e. The lowest BCUT2D eigenvalue weighted by Crippen LogP contribution is -2.55. The molecule has 1 aliphatic heterocycles. The Balaban J connectivity index is 0.000000154. The summed E-state index contributed by atoms with van der Waals surface area (Å²) in [4.78, 5) is 58.0. The first-order chi connectivity index (χ1) is 25.5. The quantitative estimate of drug-likeness (QED) is 0.180. The summed E-state index contributed by atoms with van der Waals surface area (Å²) >= 11 is 0. The zero-order chi connectivity index (χ0) is 36.9. The molecule has 268 valence electrons. The molecular formula is C39H37N9O5. The van der Waals surface area contributed by atoms with Gasteiger partial charge >= 0.3 is 5.97 Å². The summed E-state index contributed by atoms with van der Waals surface area (Å²) in [6.45, 7) is 5.92. The molecule has 3 aliphatic rings. The Labute approximate surface area is 303 Å². The highest BCUT2D eigenvalue weighted by atomic mass is 16.4. The molecule has 4 aromatic heterocycles. The number of nitrogens with zero attached hydrogens (tertiary/aromatic N) is 7. The number of amides is 3. The Morgan fingerprint density at radius 3 is 1.47 bits per heavy atom. The van der Waals surface area contributed by atoms with Crippen molar-refractivity contribution < 1.29 is 24.3 Å². The minimum absolute atomic E-state index is 0.0144. The second kappa shape index (κ2) is 13.3. The van der Waals surface area contributed by atoms with Gasteiger partial charge in [0.15, 0.2) is 11.3 Å². The lowest BCUT2D eigenvalue weighted by Gasteiger charge is -2.45. The van der Waals surface area contributed by atoms with Crippen molar-refractivity contribution in [2.75, 3.05) is 23.7 Å². The van der Waals surface area contributed by atoms with Crippen molar-refractivity contribution in [2.45, 2.75) is 39.5 Å². The number of aromatic nitrogens is 6. The zero-order valence-electron chi connectivity index (χ0n) is 29.2. The van der Waals surface area contributed by atoms with Crippen LogP contribution in [0.5, 0.6) is 0 Å². The van der Waals surface area contributed by atoms with Gasteiger partial charge < -0.3 is 10.0 Å². The van der Waals surface area contributed by atoms with Gasteiger partial charge in [-0.3, -0.25) is 25.0 Å². The van der Waals surface area contributed by atoms with E-state index in [0.29, 0.717) is 22.8 Å². The van der Waals surface area contributed by atoms with E-state index in [4.69, 9.17) is 5.11 Å². The van der Waals surface area contributed by atoms with Crippen molar-refractivity contribution in [1.29, 1.82) is 0 Å². The third-order valence-electron chi connectivity index (χ3n) is 9.47. The van der Waals surface area contributed by atoms with Crippen LogP contribution >= 0.6 is 0 Å². The molecule has 14 heteroatoms. The van der Waals surface area contributed by atoms with E-state index < -0.39 is 5.97 Å². The number of carboxylic acids is 1. The summed E-state index contributed by atoms with van der Waals surface area (Å²) in [6.07, 6.45) is 3.70. The fourth-order valence-electron chi connectivity index (χ4n) is 6.35. The number of carbonyl (C=O) groups is 4. The molecule has 3 fully saturated rings. The van der Waals surface area contributed by atoms with Crippen LogP contribution in [0.3, 0.4) is 0 Å². The molecule has 6 aromatic rings. The number of likely N-dealkylation sites (tertiary alicyclic amines) is 1. The maximum atomic E-state index is 12.6. The van der Waals surface area contributed by atoms with Crippen molar-refractivity contribution in [1.82, 2.24) is 34.1 Å². The number of carboxylic acid groups (broad SMARTS) is 1. The molecule has 0 radical (unpaired) electrons. The van der Waals surface area contributed by atoms with E-state index in [2.05, 4.69) is 44.6 Å². The molecular weight excluding hydrogens is 674 g/mol. The highest BCUT2D eigenvalue weighted by Crippen LogP contribution is 2.32. The summed E-state index contributed by atoms with van der Waals surface area (Å²) in [5.74, 6) is -0.172. The van der Waals surface area contributed by atoms with Gasteiger partial charge in [-0.2, -0.15) is 9.97 Å². The number of hydrogen-bond donors (Lipinski definition) is 3. The Morgan fingerprint density at radius 1 is 0.642 bits per heavy atom. The molecule has 3 amide bonds. The summed E-state index contributed by atoms with van der Waals surface area (Å²) < 4.78 is 3.36. The van der Waals surface area contributed by atoms with Gasteiger partial charge in [0.25, 0.3) is 5.91 Å². The van der Waals surface area contributed by atoms with Crippen molar-refractivity contribution in [3.63, 3.8) is 0 Å². The van der Waals surface area contributed by atoms with Gasteiger partial charge in [0.2, 0.25) is 23.7 Å². The molecule has 5 heterocycles. The average molecular weight is 712 g/mol. The number of rotatable bonds is 8. The molecule has 3 N–H and O–H groups in total. The lowest BCUT2D eigenvalue weighted by atomic mass is 9.84. The predicted octanol–water partition coefficient (Wildman–Crippen LogP) is 5.67. The van der Waals surface area contributed by atoms with Crippen molar-refractivity contribution in [2.24, 2.45) is 17.3 Å². The molecule has 0 atom stereocenters. The van der Waals surface area contributed by atoms with E-state index in [9.17, 15) is 19.2 Å². The van der Waals surface area contributed by atoms with E-state index >= 15 is 0 Å². The average Bonchev–Trinajstić information content (AvgIpc) is 4.08. The zero-order valence-corrected chi connectivity index (χ0v) is 29.2. The topological polar surface area (TPSA) is 176 Å². The minimum atomic E-state index is -0.967. The maximum absolute atomic E-state index is 12.6. The normalized spacial score (nSPS) is 16.0. The SMILES string of the molecule is CC1(C)CN(C(=O)c2ccc(-c3cccc4nc(NC(=O)C5CC5)nn34)cc2)C1.O=C(O)c1ccc(-c2cccc3nc(NC(=O)C4CC4)nn23)cc1. The third-order valence-corrected chi connectivity index (χ3v) is 9.47. The molecule has 1 saturated heterocycles. The summed E-state index contributed by atoms with van der Waals surface area (Å²) in [6, 6.07) is 25.3. The first-order valence-electron chi connectivity index (χ1n) is 17.6. The van der Waals surface area contributed by atoms with Crippen molar-refractivity contribution >= 4 is 46.9 Å². The highest BCUT2D eigenvalue weighted by Gasteiger charge is 2.37. The molecule has 0 spiro atoms. The number of carbonyl (C=O) groups excluding carboxylic acids is 3. The molecule has 9 rings (SSSR count). The monoisotopic (exact) mass is 711 g/mol. The first-order valence-corrected chi connectivity index (χ1v) is 17.6. The molecule has 14 nitrogen and oxygen atoms in total. The molecule has 2 aliphatic carbocycles. The van der Waals surface area contributed by atoms with Crippen LogP contribution in [0, 0.1) is 17.3 Å². The maximum Gasteiger partial charge on any atom is 0.335 e. The molecule has 0 bridgehead atoms. The number of hydrogen-bond acceptors (Lipinski definition) is 8. The third kappa shape index (κ3) is 7.20. The van der Waals surface area contributed by atoms with Crippen LogP contribution in [-0.2, 0) is 9.59 Å². The lowest BCUT2D eigenvalue weighted by molar-refractivity contribution is -0.118. The van der Waals surface area contributed by atoms with E-state index in [-0.39, 0.29) is 46.5 Å². The Bertz CT molecular complexity index is 2380. The number of benzene rings is 2. The summed E-state index contributed by atoms with van der Waals surface area (Å²) in [5.41, 5.74) is 5.77. The van der Waals surface area contributed by atoms with Crippen LogP contribution in [-0.4, -0.2) is 76.0 Å². The van der Waals surface area contributed by atoms with E-state index in [1.165, 1.54) is 0 Å². The molecule has 2 saturated carbocycles. The van der Waals surface area contributed by atoms with Crippen molar-refractivity contribution in [3.05, 3.63) is 96.1 Å². The van der Waals surface area contributed by atoms with E-state index in [1.54, 1.807) is 39.4 Å².